The lowest BCUT2D eigenvalue weighted by Crippen LogP contribution is -2.35. The topological polar surface area (TPSA) is 103 Å². The summed E-state index contributed by atoms with van der Waals surface area (Å²) in [5, 5.41) is 0. The zero-order valence-corrected chi connectivity index (χ0v) is 18.5. The number of nitrogens with zero attached hydrogens (tertiary/aromatic N) is 2. The minimum absolute atomic E-state index is 0.0384. The number of aromatic nitrogens is 1. The summed E-state index contributed by atoms with van der Waals surface area (Å²) < 4.78 is 23.6. The van der Waals surface area contributed by atoms with E-state index < -0.39 is 29.4 Å². The molecule has 0 spiro atoms. The van der Waals surface area contributed by atoms with Crippen LogP contribution in [0.1, 0.15) is 32.7 Å². The molecule has 1 heterocycles. The Morgan fingerprint density at radius 1 is 0.941 bits per heavy atom. The highest BCUT2D eigenvalue weighted by Gasteiger charge is 2.30. The van der Waals surface area contributed by atoms with Gasteiger partial charge in [-0.3, -0.25) is 14.5 Å². The molecule has 0 unspecified atom stereocenters. The summed E-state index contributed by atoms with van der Waals surface area (Å²) in [4.78, 5) is 54.6. The van der Waals surface area contributed by atoms with Crippen LogP contribution in [0.15, 0.2) is 66.9 Å². The molecule has 0 saturated carbocycles. The summed E-state index contributed by atoms with van der Waals surface area (Å²) in [6, 6.07) is 15.1. The van der Waals surface area contributed by atoms with Gasteiger partial charge in [0.15, 0.2) is 11.6 Å². The summed E-state index contributed by atoms with van der Waals surface area (Å²) >= 11 is 0. The summed E-state index contributed by atoms with van der Waals surface area (Å²) in [7, 11) is 2.27. The van der Waals surface area contributed by atoms with Gasteiger partial charge in [-0.15, -0.1) is 0 Å². The Labute approximate surface area is 194 Å². The predicted octanol–water partition coefficient (Wildman–Crippen LogP) is 3.66. The first-order chi connectivity index (χ1) is 16.4. The molecular formula is C25H21FN2O6. The van der Waals surface area contributed by atoms with E-state index in [9.17, 15) is 23.6 Å². The largest absolute Gasteiger partial charge is 0.465 e. The zero-order chi connectivity index (χ0) is 24.7. The second-order valence-electron chi connectivity index (χ2n) is 7.06. The number of para-hydroxylation sites is 1. The SMILES string of the molecule is COC(=O)C(=O)N(c1ccccc1)c1ncccc1C(=O)CCc1ccc(C(=O)OC)cc1F. The van der Waals surface area contributed by atoms with Crippen LogP contribution in [0.3, 0.4) is 0 Å². The summed E-state index contributed by atoms with van der Waals surface area (Å²) in [5.74, 6) is -3.92. The number of rotatable bonds is 7. The summed E-state index contributed by atoms with van der Waals surface area (Å²) in [5.41, 5.74) is 0.687. The zero-order valence-electron chi connectivity index (χ0n) is 18.5. The molecule has 1 amide bonds. The van der Waals surface area contributed by atoms with Gasteiger partial charge in [0, 0.05) is 12.6 Å². The lowest BCUT2D eigenvalue weighted by molar-refractivity contribution is -0.151. The molecule has 0 atom stereocenters. The van der Waals surface area contributed by atoms with Crippen molar-refractivity contribution in [2.75, 3.05) is 19.1 Å². The quantitative estimate of drug-likeness (QED) is 0.299. The fourth-order valence-corrected chi connectivity index (χ4v) is 3.26. The van der Waals surface area contributed by atoms with Crippen LogP contribution in [0.25, 0.3) is 0 Å². The van der Waals surface area contributed by atoms with Crippen LogP contribution in [-0.4, -0.2) is 42.8 Å². The van der Waals surface area contributed by atoms with Crippen molar-refractivity contribution < 1.29 is 33.0 Å². The van der Waals surface area contributed by atoms with Crippen LogP contribution >= 0.6 is 0 Å². The minimum atomic E-state index is -1.12. The van der Waals surface area contributed by atoms with Crippen molar-refractivity contribution in [2.45, 2.75) is 12.8 Å². The lowest BCUT2D eigenvalue weighted by Gasteiger charge is -2.22. The van der Waals surface area contributed by atoms with Gasteiger partial charge in [-0.05, 0) is 48.4 Å². The highest BCUT2D eigenvalue weighted by atomic mass is 19.1. The third kappa shape index (κ3) is 5.32. The number of benzene rings is 2. The predicted molar refractivity (Wildman–Crippen MR) is 120 cm³/mol. The third-order valence-corrected chi connectivity index (χ3v) is 4.97. The molecule has 0 N–H and O–H groups in total. The number of halogens is 1. The number of amides is 1. The smallest absolute Gasteiger partial charge is 0.397 e. The number of carbonyl (C=O) groups is 4. The van der Waals surface area contributed by atoms with Gasteiger partial charge in [0.25, 0.3) is 0 Å². The van der Waals surface area contributed by atoms with E-state index >= 15 is 0 Å². The first-order valence-electron chi connectivity index (χ1n) is 10.2. The van der Waals surface area contributed by atoms with Crippen molar-refractivity contribution in [3.05, 3.63) is 89.4 Å². The van der Waals surface area contributed by atoms with Crippen LogP contribution in [0.5, 0.6) is 0 Å². The second-order valence-corrected chi connectivity index (χ2v) is 7.06. The van der Waals surface area contributed by atoms with Gasteiger partial charge in [-0.1, -0.05) is 24.3 Å². The molecule has 0 saturated heterocycles. The Bertz CT molecular complexity index is 1230. The molecule has 0 aliphatic carbocycles. The van der Waals surface area contributed by atoms with E-state index in [1.165, 1.54) is 37.6 Å². The van der Waals surface area contributed by atoms with E-state index in [0.717, 1.165) is 18.1 Å². The standard InChI is InChI=1S/C25H21FN2O6/c1-33-24(31)17-11-10-16(20(26)15-17)12-13-21(29)19-9-6-14-27-22(19)28(23(30)25(32)34-2)18-7-4-3-5-8-18/h3-11,14-15H,12-13H2,1-2H3. The second kappa shape index (κ2) is 11.0. The van der Waals surface area contributed by atoms with Gasteiger partial charge in [0.1, 0.15) is 5.82 Å². The normalized spacial score (nSPS) is 10.3. The van der Waals surface area contributed by atoms with Crippen molar-refractivity contribution in [1.29, 1.82) is 0 Å². The number of pyridine rings is 1. The summed E-state index contributed by atoms with van der Waals surface area (Å²) in [6.45, 7) is 0. The van der Waals surface area contributed by atoms with Crippen molar-refractivity contribution in [1.82, 2.24) is 4.98 Å². The highest BCUT2D eigenvalue weighted by Crippen LogP contribution is 2.28. The van der Waals surface area contributed by atoms with Gasteiger partial charge >= 0.3 is 17.8 Å². The van der Waals surface area contributed by atoms with Gasteiger partial charge in [-0.25, -0.2) is 19.0 Å². The number of esters is 2. The Morgan fingerprint density at radius 2 is 1.68 bits per heavy atom. The molecule has 8 nitrogen and oxygen atoms in total. The van der Waals surface area contributed by atoms with E-state index in [2.05, 4.69) is 14.5 Å². The van der Waals surface area contributed by atoms with Crippen LogP contribution in [0, 0.1) is 5.82 Å². The molecule has 1 aromatic heterocycles. The number of ketones is 1. The number of aryl methyl sites for hydroxylation is 1. The average Bonchev–Trinajstić information content (AvgIpc) is 2.87. The molecule has 0 bridgehead atoms. The molecule has 174 valence electrons. The van der Waals surface area contributed by atoms with Gasteiger partial charge in [0.05, 0.1) is 31.0 Å². The molecule has 3 aromatic rings. The van der Waals surface area contributed by atoms with Gasteiger partial charge in [-0.2, -0.15) is 0 Å². The van der Waals surface area contributed by atoms with Crippen LogP contribution in [-0.2, 0) is 25.5 Å². The highest BCUT2D eigenvalue weighted by molar-refractivity contribution is 6.40. The molecule has 3 rings (SSSR count). The third-order valence-electron chi connectivity index (χ3n) is 4.97. The van der Waals surface area contributed by atoms with E-state index in [1.807, 2.05) is 0 Å². The molecule has 0 aliphatic heterocycles. The molecule has 9 heteroatoms. The van der Waals surface area contributed by atoms with E-state index in [1.54, 1.807) is 30.3 Å². The molecular weight excluding hydrogens is 443 g/mol. The van der Waals surface area contributed by atoms with Crippen LogP contribution in [0.2, 0.25) is 0 Å². The summed E-state index contributed by atoms with van der Waals surface area (Å²) in [6.07, 6.45) is 1.32. The van der Waals surface area contributed by atoms with E-state index in [0.29, 0.717) is 5.69 Å². The molecule has 0 fully saturated rings. The monoisotopic (exact) mass is 464 g/mol. The number of Topliss-reactive ketones (excluding diaryl/α,β-unsaturated/α-hetero) is 1. The van der Waals surface area contributed by atoms with Gasteiger partial charge < -0.3 is 9.47 Å². The maximum absolute atomic E-state index is 14.4. The van der Waals surface area contributed by atoms with Crippen LogP contribution in [0.4, 0.5) is 15.9 Å². The molecule has 2 aromatic carbocycles. The fourth-order valence-electron chi connectivity index (χ4n) is 3.26. The van der Waals surface area contributed by atoms with Crippen molar-refractivity contribution in [3.63, 3.8) is 0 Å². The fraction of sp³-hybridized carbons (Fsp3) is 0.160. The first kappa shape index (κ1) is 24.2. The Hall–Kier alpha value is -4.40. The Balaban J connectivity index is 1.90. The van der Waals surface area contributed by atoms with Crippen molar-refractivity contribution >= 4 is 35.1 Å². The maximum atomic E-state index is 14.4. The van der Waals surface area contributed by atoms with Crippen molar-refractivity contribution in [2.24, 2.45) is 0 Å². The number of ether oxygens (including phenoxy) is 2. The number of hydrogen-bond donors (Lipinski definition) is 0. The van der Waals surface area contributed by atoms with Gasteiger partial charge in [0.2, 0.25) is 0 Å². The van der Waals surface area contributed by atoms with Crippen molar-refractivity contribution in [3.8, 4) is 0 Å². The molecule has 34 heavy (non-hydrogen) atoms. The molecule has 0 radical (unpaired) electrons. The number of carbonyl (C=O) groups excluding carboxylic acids is 4. The first-order valence-corrected chi connectivity index (χ1v) is 10.2. The number of hydrogen-bond acceptors (Lipinski definition) is 7. The lowest BCUT2D eigenvalue weighted by atomic mass is 10.0. The number of anilines is 2. The maximum Gasteiger partial charge on any atom is 0.397 e. The average molecular weight is 464 g/mol. The van der Waals surface area contributed by atoms with Crippen LogP contribution < -0.4 is 4.90 Å². The van der Waals surface area contributed by atoms with E-state index in [-0.39, 0.29) is 35.3 Å². The number of methoxy groups -OCH3 is 2. The Morgan fingerprint density at radius 3 is 2.32 bits per heavy atom. The molecule has 0 aliphatic rings. The Kier molecular flexibility index (Phi) is 7.81. The van der Waals surface area contributed by atoms with E-state index in [4.69, 9.17) is 0 Å². The minimum Gasteiger partial charge on any atom is -0.465 e.